The van der Waals surface area contributed by atoms with Gasteiger partial charge in [0.05, 0.1) is 12.7 Å². The summed E-state index contributed by atoms with van der Waals surface area (Å²) in [6.45, 7) is 0.428. The van der Waals surface area contributed by atoms with Gasteiger partial charge in [-0.15, -0.1) is 0 Å². The van der Waals surface area contributed by atoms with E-state index in [4.69, 9.17) is 4.74 Å². The number of nitrogens with zero attached hydrogens (tertiary/aromatic N) is 1. The van der Waals surface area contributed by atoms with Crippen LogP contribution < -0.4 is 10.1 Å². The molecule has 0 bridgehead atoms. The molecule has 35 heavy (non-hydrogen) atoms. The maximum atomic E-state index is 12.5. The number of ether oxygens (including phenoxy) is 2. The molecule has 4 rings (SSSR count). The third-order valence-corrected chi connectivity index (χ3v) is 5.39. The summed E-state index contributed by atoms with van der Waals surface area (Å²) in [7, 11) is 1.30. The van der Waals surface area contributed by atoms with Crippen molar-refractivity contribution in [3.63, 3.8) is 0 Å². The number of esters is 1. The minimum absolute atomic E-state index is 0.0496. The number of anilines is 1. The van der Waals surface area contributed by atoms with Crippen molar-refractivity contribution in [3.05, 3.63) is 113 Å². The molecule has 0 saturated heterocycles. The van der Waals surface area contributed by atoms with Crippen LogP contribution in [-0.2, 0) is 16.1 Å². The molecule has 6 nitrogen and oxygen atoms in total. The summed E-state index contributed by atoms with van der Waals surface area (Å²) in [6, 6.07) is 29.6. The Kier molecular flexibility index (Phi) is 7.19. The number of nitrogens with one attached hydrogen (secondary N) is 1. The first-order chi connectivity index (χ1) is 17.1. The number of fused-ring (bicyclic) bond motifs is 1. The molecule has 0 aromatic heterocycles. The van der Waals surface area contributed by atoms with Crippen LogP contribution in [-0.4, -0.2) is 19.0 Å². The zero-order valence-electron chi connectivity index (χ0n) is 19.0. The first kappa shape index (κ1) is 23.3. The molecule has 4 aromatic carbocycles. The van der Waals surface area contributed by atoms with Crippen molar-refractivity contribution in [2.75, 3.05) is 12.4 Å². The van der Waals surface area contributed by atoms with E-state index in [2.05, 4.69) is 28.3 Å². The Labute approximate surface area is 203 Å². The van der Waals surface area contributed by atoms with Gasteiger partial charge >= 0.3 is 5.97 Å². The van der Waals surface area contributed by atoms with E-state index in [1.807, 2.05) is 30.3 Å². The van der Waals surface area contributed by atoms with Crippen LogP contribution in [0, 0.1) is 11.3 Å². The number of carbonyl (C=O) groups is 2. The minimum atomic E-state index is -0.547. The van der Waals surface area contributed by atoms with E-state index in [-0.39, 0.29) is 5.57 Å². The highest BCUT2D eigenvalue weighted by Crippen LogP contribution is 2.22. The Bertz CT molecular complexity index is 1430. The van der Waals surface area contributed by atoms with Crippen LogP contribution >= 0.6 is 0 Å². The molecule has 4 aromatic rings. The summed E-state index contributed by atoms with van der Waals surface area (Å²) in [5.74, 6) is -0.330. The molecule has 1 N–H and O–H groups in total. The maximum absolute atomic E-state index is 12.5. The van der Waals surface area contributed by atoms with E-state index in [0.717, 1.165) is 16.3 Å². The first-order valence-corrected chi connectivity index (χ1v) is 10.9. The van der Waals surface area contributed by atoms with Crippen LogP contribution in [0.25, 0.3) is 16.8 Å². The molecular formula is C29H22N2O4. The van der Waals surface area contributed by atoms with Crippen molar-refractivity contribution in [1.29, 1.82) is 5.26 Å². The second-order valence-electron chi connectivity index (χ2n) is 7.69. The van der Waals surface area contributed by atoms with E-state index >= 15 is 0 Å². The van der Waals surface area contributed by atoms with Gasteiger partial charge in [0.15, 0.2) is 0 Å². The lowest BCUT2D eigenvalue weighted by Gasteiger charge is -2.09. The van der Waals surface area contributed by atoms with Crippen molar-refractivity contribution < 1.29 is 19.1 Å². The van der Waals surface area contributed by atoms with Gasteiger partial charge in [-0.25, -0.2) is 4.79 Å². The number of rotatable bonds is 7. The first-order valence-electron chi connectivity index (χ1n) is 10.9. The van der Waals surface area contributed by atoms with E-state index in [1.54, 1.807) is 36.4 Å². The number of amides is 1. The number of hydrogen-bond acceptors (Lipinski definition) is 5. The average Bonchev–Trinajstić information content (AvgIpc) is 2.91. The lowest BCUT2D eigenvalue weighted by Crippen LogP contribution is -2.13. The monoisotopic (exact) mass is 462 g/mol. The van der Waals surface area contributed by atoms with Crippen LogP contribution in [0.15, 0.2) is 96.6 Å². The number of methoxy groups -OCH3 is 1. The van der Waals surface area contributed by atoms with Crippen LogP contribution in [0.4, 0.5) is 5.69 Å². The Morgan fingerprint density at radius 3 is 2.34 bits per heavy atom. The Balaban J connectivity index is 1.40. The largest absolute Gasteiger partial charge is 0.489 e. The molecule has 0 aliphatic carbocycles. The second-order valence-corrected chi connectivity index (χ2v) is 7.69. The molecule has 6 heteroatoms. The SMILES string of the molecule is COC(=O)c1ccc(NC(=O)/C(C#N)=C/c2ccc(OCc3cccc4ccccc34)cc2)cc1. The smallest absolute Gasteiger partial charge is 0.337 e. The molecule has 0 fully saturated rings. The van der Waals surface area contributed by atoms with Gasteiger partial charge in [-0.05, 0) is 64.4 Å². The zero-order valence-corrected chi connectivity index (χ0v) is 19.0. The summed E-state index contributed by atoms with van der Waals surface area (Å²) in [4.78, 5) is 24.1. The number of benzene rings is 4. The van der Waals surface area contributed by atoms with Gasteiger partial charge in [0.2, 0.25) is 0 Å². The fourth-order valence-corrected chi connectivity index (χ4v) is 3.56. The lowest BCUT2D eigenvalue weighted by molar-refractivity contribution is -0.112. The minimum Gasteiger partial charge on any atom is -0.489 e. The highest BCUT2D eigenvalue weighted by atomic mass is 16.5. The zero-order chi connectivity index (χ0) is 24.6. The summed E-state index contributed by atoms with van der Waals surface area (Å²) in [6.07, 6.45) is 1.51. The summed E-state index contributed by atoms with van der Waals surface area (Å²) < 4.78 is 10.6. The van der Waals surface area contributed by atoms with Gasteiger partial charge in [-0.1, -0.05) is 54.6 Å². The van der Waals surface area contributed by atoms with E-state index in [9.17, 15) is 14.9 Å². The molecular weight excluding hydrogens is 440 g/mol. The lowest BCUT2D eigenvalue weighted by atomic mass is 10.1. The molecule has 0 radical (unpaired) electrons. The predicted octanol–water partition coefficient (Wildman–Crippen LogP) is 5.75. The second kappa shape index (κ2) is 10.8. The fourth-order valence-electron chi connectivity index (χ4n) is 3.56. The van der Waals surface area contributed by atoms with Crippen molar-refractivity contribution in [3.8, 4) is 11.8 Å². The highest BCUT2D eigenvalue weighted by Gasteiger charge is 2.11. The quantitative estimate of drug-likeness (QED) is 0.215. The Morgan fingerprint density at radius 2 is 1.63 bits per heavy atom. The van der Waals surface area contributed by atoms with Crippen LogP contribution in [0.2, 0.25) is 0 Å². The average molecular weight is 463 g/mol. The van der Waals surface area contributed by atoms with Crippen LogP contribution in [0.5, 0.6) is 5.75 Å². The van der Waals surface area contributed by atoms with Gasteiger partial charge in [0.1, 0.15) is 24.0 Å². The fraction of sp³-hybridized carbons (Fsp3) is 0.0690. The van der Waals surface area contributed by atoms with Gasteiger partial charge in [0.25, 0.3) is 5.91 Å². The van der Waals surface area contributed by atoms with Gasteiger partial charge < -0.3 is 14.8 Å². The molecule has 1 amide bonds. The summed E-state index contributed by atoms with van der Waals surface area (Å²) >= 11 is 0. The molecule has 0 aliphatic heterocycles. The Morgan fingerprint density at radius 1 is 0.914 bits per heavy atom. The summed E-state index contributed by atoms with van der Waals surface area (Å²) in [5.41, 5.74) is 2.56. The van der Waals surface area contributed by atoms with Crippen molar-refractivity contribution >= 4 is 34.4 Å². The number of hydrogen-bond donors (Lipinski definition) is 1. The molecule has 0 saturated carbocycles. The molecule has 0 unspecified atom stereocenters. The van der Waals surface area contributed by atoms with E-state index < -0.39 is 11.9 Å². The molecule has 172 valence electrons. The number of carbonyl (C=O) groups excluding carboxylic acids is 2. The van der Waals surface area contributed by atoms with Crippen LogP contribution in [0.1, 0.15) is 21.5 Å². The third kappa shape index (κ3) is 5.73. The van der Waals surface area contributed by atoms with Crippen molar-refractivity contribution in [1.82, 2.24) is 0 Å². The molecule has 0 aliphatic rings. The van der Waals surface area contributed by atoms with E-state index in [1.165, 1.54) is 25.3 Å². The molecule has 0 atom stereocenters. The topological polar surface area (TPSA) is 88.4 Å². The normalized spacial score (nSPS) is 10.9. The third-order valence-electron chi connectivity index (χ3n) is 5.39. The Hall–Kier alpha value is -4.89. The molecule has 0 spiro atoms. The number of nitriles is 1. The molecule has 0 heterocycles. The van der Waals surface area contributed by atoms with Gasteiger partial charge in [-0.3, -0.25) is 4.79 Å². The highest BCUT2D eigenvalue weighted by molar-refractivity contribution is 6.09. The van der Waals surface area contributed by atoms with Crippen LogP contribution in [0.3, 0.4) is 0 Å². The predicted molar refractivity (Wildman–Crippen MR) is 135 cm³/mol. The maximum Gasteiger partial charge on any atom is 0.337 e. The standard InChI is InChI=1S/C29H22N2O4/c1-34-29(33)22-11-13-25(14-12-22)31-28(32)24(18-30)17-20-9-15-26(16-10-20)35-19-23-7-4-6-21-5-2-3-8-27(21)23/h2-17H,19H2,1H3,(H,31,32)/b24-17+. The van der Waals surface area contributed by atoms with Gasteiger partial charge in [0, 0.05) is 5.69 Å². The van der Waals surface area contributed by atoms with Gasteiger partial charge in [-0.2, -0.15) is 5.26 Å². The van der Waals surface area contributed by atoms with E-state index in [0.29, 0.717) is 29.2 Å². The van der Waals surface area contributed by atoms with Crippen molar-refractivity contribution in [2.24, 2.45) is 0 Å². The van der Waals surface area contributed by atoms with Crippen molar-refractivity contribution in [2.45, 2.75) is 6.61 Å². The summed E-state index contributed by atoms with van der Waals surface area (Å²) in [5, 5.41) is 14.4.